The molecule has 3 aromatic rings. The number of anilines is 1. The lowest BCUT2D eigenvalue weighted by atomic mass is 10.1. The predicted molar refractivity (Wildman–Crippen MR) is 104 cm³/mol. The van der Waals surface area contributed by atoms with Crippen LogP contribution in [0.15, 0.2) is 30.3 Å². The molecule has 5 rings (SSSR count). The second-order valence-corrected chi connectivity index (χ2v) is 7.72. The molecule has 1 aliphatic carbocycles. The number of rotatable bonds is 2. The van der Waals surface area contributed by atoms with Crippen LogP contribution in [0.1, 0.15) is 23.4 Å². The molecule has 1 N–H and O–H groups in total. The Morgan fingerprint density at radius 2 is 1.81 bits per heavy atom. The Morgan fingerprint density at radius 3 is 2.58 bits per heavy atom. The number of aromatic nitrogens is 3. The van der Waals surface area contributed by atoms with Crippen molar-refractivity contribution in [3.63, 3.8) is 0 Å². The van der Waals surface area contributed by atoms with Crippen LogP contribution in [0.4, 0.5) is 5.82 Å². The van der Waals surface area contributed by atoms with E-state index in [-0.39, 0.29) is 0 Å². The summed E-state index contributed by atoms with van der Waals surface area (Å²) in [5.74, 6) is 1.31. The van der Waals surface area contributed by atoms with Crippen LogP contribution >= 0.6 is 0 Å². The lowest BCUT2D eigenvalue weighted by Gasteiger charge is -2.33. The molecule has 1 fully saturated rings. The summed E-state index contributed by atoms with van der Waals surface area (Å²) in [5, 5.41) is 4.97. The third kappa shape index (κ3) is 2.42. The molecule has 0 atom stereocenters. The van der Waals surface area contributed by atoms with Gasteiger partial charge in [-0.15, -0.1) is 0 Å². The molecule has 1 saturated heterocycles. The Kier molecular flexibility index (Phi) is 3.71. The number of hydrogen-bond acceptors (Lipinski definition) is 3. The van der Waals surface area contributed by atoms with Gasteiger partial charge in [-0.2, -0.15) is 9.61 Å². The molecule has 134 valence electrons. The molecule has 3 heterocycles. The molecule has 1 aliphatic heterocycles. The first-order chi connectivity index (χ1) is 12.7. The second-order valence-electron chi connectivity index (χ2n) is 7.72. The molecule has 5 nitrogen and oxygen atoms in total. The van der Waals surface area contributed by atoms with Gasteiger partial charge in [0.25, 0.3) is 0 Å². The van der Waals surface area contributed by atoms with Gasteiger partial charge in [-0.3, -0.25) is 0 Å². The van der Waals surface area contributed by atoms with Crippen LogP contribution in [0, 0.1) is 6.92 Å². The van der Waals surface area contributed by atoms with Crippen molar-refractivity contribution >= 4 is 11.5 Å². The molecular weight excluding hydrogens is 322 g/mol. The predicted octanol–water partition coefficient (Wildman–Crippen LogP) is 1.53. The van der Waals surface area contributed by atoms with Crippen molar-refractivity contribution in [1.82, 2.24) is 14.6 Å². The van der Waals surface area contributed by atoms with Gasteiger partial charge in [0.15, 0.2) is 5.65 Å². The lowest BCUT2D eigenvalue weighted by molar-refractivity contribution is -0.880. The number of likely N-dealkylation sites (N-methyl/N-ethyl adjacent to an activating group) is 1. The first-order valence-electron chi connectivity index (χ1n) is 9.75. The molecule has 2 aromatic heterocycles. The molecule has 0 radical (unpaired) electrons. The van der Waals surface area contributed by atoms with E-state index in [1.807, 2.05) is 0 Å². The van der Waals surface area contributed by atoms with E-state index in [2.05, 4.69) is 53.7 Å². The Bertz CT molecular complexity index is 952. The minimum Gasteiger partial charge on any atom is -0.345 e. The lowest BCUT2D eigenvalue weighted by Crippen LogP contribution is -3.12. The zero-order valence-corrected chi connectivity index (χ0v) is 15.6. The fourth-order valence-electron chi connectivity index (χ4n) is 4.48. The van der Waals surface area contributed by atoms with E-state index >= 15 is 0 Å². The van der Waals surface area contributed by atoms with E-state index in [0.29, 0.717) is 0 Å². The number of benzene rings is 1. The van der Waals surface area contributed by atoms with E-state index < -0.39 is 0 Å². The zero-order chi connectivity index (χ0) is 17.7. The van der Waals surface area contributed by atoms with Crippen molar-refractivity contribution < 1.29 is 4.90 Å². The number of hydrogen-bond donors (Lipinski definition) is 1. The maximum absolute atomic E-state index is 5.09. The van der Waals surface area contributed by atoms with E-state index in [1.54, 1.807) is 4.90 Å². The minimum absolute atomic E-state index is 1.02. The summed E-state index contributed by atoms with van der Waals surface area (Å²) in [6, 6.07) is 10.6. The van der Waals surface area contributed by atoms with Crippen LogP contribution in [0.25, 0.3) is 16.8 Å². The molecule has 2 aliphatic rings. The van der Waals surface area contributed by atoms with Crippen LogP contribution < -0.4 is 9.80 Å². The highest BCUT2D eigenvalue weighted by Gasteiger charge is 2.29. The van der Waals surface area contributed by atoms with Crippen molar-refractivity contribution in [1.29, 1.82) is 0 Å². The zero-order valence-electron chi connectivity index (χ0n) is 15.6. The highest BCUT2D eigenvalue weighted by atomic mass is 15.4. The van der Waals surface area contributed by atoms with E-state index in [9.17, 15) is 0 Å². The molecule has 0 unspecified atom stereocenters. The fourth-order valence-corrected chi connectivity index (χ4v) is 4.48. The van der Waals surface area contributed by atoms with Crippen molar-refractivity contribution in [3.05, 3.63) is 47.3 Å². The van der Waals surface area contributed by atoms with Gasteiger partial charge in [0.05, 0.1) is 38.9 Å². The third-order valence-electron chi connectivity index (χ3n) is 5.92. The number of piperazine rings is 1. The molecule has 1 aromatic carbocycles. The van der Waals surface area contributed by atoms with Crippen LogP contribution in [-0.2, 0) is 12.8 Å². The molecule has 0 bridgehead atoms. The highest BCUT2D eigenvalue weighted by Crippen LogP contribution is 2.35. The molecule has 5 heteroatoms. The summed E-state index contributed by atoms with van der Waals surface area (Å²) in [6.45, 7) is 6.67. The standard InChI is InChI=1S/C21H25N5/c1-15-19(16-7-4-3-5-8-16)20-22-18-10-6-9-17(18)21(26(20)23-15)25-13-11-24(2)12-14-25/h3-5,7-8H,6,9-14H2,1-2H3/p+1. The van der Waals surface area contributed by atoms with Crippen molar-refractivity contribution in [3.8, 4) is 11.1 Å². The molecular formula is C21H26N5+. The van der Waals surface area contributed by atoms with Crippen molar-refractivity contribution in [2.45, 2.75) is 26.2 Å². The molecule has 0 saturated carbocycles. The molecule has 0 spiro atoms. The molecule has 0 amide bonds. The maximum atomic E-state index is 5.09. The second kappa shape index (κ2) is 6.09. The summed E-state index contributed by atoms with van der Waals surface area (Å²) in [5.41, 5.74) is 7.19. The normalized spacial score (nSPS) is 17.8. The van der Waals surface area contributed by atoms with Crippen molar-refractivity contribution in [2.75, 3.05) is 38.1 Å². The van der Waals surface area contributed by atoms with E-state index in [4.69, 9.17) is 10.1 Å². The Morgan fingerprint density at radius 1 is 1.04 bits per heavy atom. The van der Waals surface area contributed by atoms with Gasteiger partial charge in [-0.25, -0.2) is 4.98 Å². The quantitative estimate of drug-likeness (QED) is 0.763. The Hall–Kier alpha value is -2.40. The van der Waals surface area contributed by atoms with Gasteiger partial charge >= 0.3 is 0 Å². The Balaban J connectivity index is 1.74. The van der Waals surface area contributed by atoms with Crippen LogP contribution in [0.5, 0.6) is 0 Å². The van der Waals surface area contributed by atoms with Gasteiger partial charge in [0.2, 0.25) is 0 Å². The van der Waals surface area contributed by atoms with Gasteiger partial charge in [0, 0.05) is 16.8 Å². The Labute approximate surface area is 154 Å². The largest absolute Gasteiger partial charge is 0.345 e. The van der Waals surface area contributed by atoms with Crippen LogP contribution in [-0.4, -0.2) is 47.8 Å². The van der Waals surface area contributed by atoms with Gasteiger partial charge in [-0.05, 0) is 31.7 Å². The first-order valence-corrected chi connectivity index (χ1v) is 9.75. The summed E-state index contributed by atoms with van der Waals surface area (Å²) < 4.78 is 2.14. The van der Waals surface area contributed by atoms with Crippen LogP contribution in [0.2, 0.25) is 0 Å². The number of nitrogens with one attached hydrogen (secondary N) is 1. The van der Waals surface area contributed by atoms with Crippen molar-refractivity contribution in [2.24, 2.45) is 0 Å². The fraction of sp³-hybridized carbons (Fsp3) is 0.429. The average molecular weight is 348 g/mol. The van der Waals surface area contributed by atoms with Gasteiger partial charge < -0.3 is 9.80 Å². The van der Waals surface area contributed by atoms with Gasteiger partial charge in [-0.1, -0.05) is 30.3 Å². The number of quaternary nitrogens is 1. The molecule has 26 heavy (non-hydrogen) atoms. The smallest absolute Gasteiger partial charge is 0.165 e. The first kappa shape index (κ1) is 15.8. The third-order valence-corrected chi connectivity index (χ3v) is 5.92. The summed E-state index contributed by atoms with van der Waals surface area (Å²) in [7, 11) is 2.29. The minimum atomic E-state index is 1.02. The maximum Gasteiger partial charge on any atom is 0.165 e. The number of aryl methyl sites for hydroxylation is 2. The average Bonchev–Trinajstić information content (AvgIpc) is 3.24. The summed E-state index contributed by atoms with van der Waals surface area (Å²) in [6.07, 6.45) is 3.43. The highest BCUT2D eigenvalue weighted by molar-refractivity contribution is 5.81. The number of fused-ring (bicyclic) bond motifs is 2. The topological polar surface area (TPSA) is 37.9 Å². The monoisotopic (exact) mass is 348 g/mol. The summed E-state index contributed by atoms with van der Waals surface area (Å²) in [4.78, 5) is 9.26. The number of nitrogens with zero attached hydrogens (tertiary/aromatic N) is 4. The van der Waals surface area contributed by atoms with E-state index in [1.165, 1.54) is 47.7 Å². The van der Waals surface area contributed by atoms with E-state index in [0.717, 1.165) is 37.3 Å². The SMILES string of the molecule is Cc1nn2c(N3CC[NH+](C)CC3)c3c(nc2c1-c1ccccc1)CCC3. The van der Waals surface area contributed by atoms with Crippen LogP contribution in [0.3, 0.4) is 0 Å². The summed E-state index contributed by atoms with van der Waals surface area (Å²) >= 11 is 0. The van der Waals surface area contributed by atoms with Gasteiger partial charge in [0.1, 0.15) is 5.82 Å².